The Hall–Kier alpha value is -1.33. The maximum absolute atomic E-state index is 11.8. The van der Waals surface area contributed by atoms with Crippen LogP contribution in [0.3, 0.4) is 0 Å². The second-order valence-corrected chi connectivity index (χ2v) is 4.45. The molecule has 1 amide bonds. The first-order chi connectivity index (χ1) is 8.15. The fourth-order valence-electron chi connectivity index (χ4n) is 1.67. The number of aryl methyl sites for hydroxylation is 1. The zero-order valence-electron chi connectivity index (χ0n) is 10.1. The van der Waals surface area contributed by atoms with Gasteiger partial charge in [0, 0.05) is 18.8 Å². The van der Waals surface area contributed by atoms with E-state index in [0.717, 1.165) is 18.8 Å². The molecule has 0 spiro atoms. The van der Waals surface area contributed by atoms with Gasteiger partial charge in [-0.25, -0.2) is 0 Å². The Labute approximate surface area is 118 Å². The average molecular weight is 286 g/mol. The van der Waals surface area contributed by atoms with Crippen molar-refractivity contribution in [2.24, 2.45) is 0 Å². The lowest BCUT2D eigenvalue weighted by Gasteiger charge is -2.15. The summed E-state index contributed by atoms with van der Waals surface area (Å²) in [6, 6.07) is 7.73. The van der Waals surface area contributed by atoms with E-state index < -0.39 is 0 Å². The number of benzene rings is 1. The van der Waals surface area contributed by atoms with E-state index in [1.807, 2.05) is 36.1 Å². The van der Waals surface area contributed by atoms with E-state index in [0.29, 0.717) is 11.7 Å². The lowest BCUT2D eigenvalue weighted by molar-refractivity contribution is -0.116. The van der Waals surface area contributed by atoms with Crippen molar-refractivity contribution in [3.8, 4) is 0 Å². The predicted molar refractivity (Wildman–Crippen MR) is 79.2 cm³/mol. The molecule has 1 fully saturated rings. The lowest BCUT2D eigenvalue weighted by Crippen LogP contribution is -2.35. The van der Waals surface area contributed by atoms with Crippen LogP contribution in [0.5, 0.6) is 0 Å². The Morgan fingerprint density at radius 3 is 2.67 bits per heavy atom. The summed E-state index contributed by atoms with van der Waals surface area (Å²) in [7, 11) is 0. The third-order valence-corrected chi connectivity index (χ3v) is 3.02. The number of nitrogens with zero attached hydrogens (tertiary/aromatic N) is 1. The first-order valence-corrected chi connectivity index (χ1v) is 5.95. The summed E-state index contributed by atoms with van der Waals surface area (Å²) in [5.74, 6) is -0.0418. The first-order valence-electron chi connectivity index (χ1n) is 5.54. The van der Waals surface area contributed by atoms with Gasteiger partial charge in [0.25, 0.3) is 0 Å². The SMILES string of the molecule is Cc1ccc(NC(=O)CN2CCNC2=S)cc1.Cl. The Bertz CT molecular complexity index is 435. The topological polar surface area (TPSA) is 44.4 Å². The minimum Gasteiger partial charge on any atom is -0.361 e. The highest BCUT2D eigenvalue weighted by Crippen LogP contribution is 2.08. The van der Waals surface area contributed by atoms with Crippen LogP contribution in [0.2, 0.25) is 0 Å². The molecular weight excluding hydrogens is 270 g/mol. The zero-order chi connectivity index (χ0) is 12.3. The first kappa shape index (κ1) is 14.7. The summed E-state index contributed by atoms with van der Waals surface area (Å²) in [4.78, 5) is 13.6. The van der Waals surface area contributed by atoms with Crippen LogP contribution in [0.1, 0.15) is 5.56 Å². The Morgan fingerprint density at radius 2 is 2.11 bits per heavy atom. The molecule has 1 aliphatic rings. The van der Waals surface area contributed by atoms with Gasteiger partial charge in [0.1, 0.15) is 0 Å². The van der Waals surface area contributed by atoms with Crippen molar-refractivity contribution < 1.29 is 4.79 Å². The van der Waals surface area contributed by atoms with Crippen LogP contribution in [-0.2, 0) is 4.79 Å². The molecule has 2 rings (SSSR count). The average Bonchev–Trinajstić information content (AvgIpc) is 2.68. The van der Waals surface area contributed by atoms with Crippen molar-refractivity contribution in [3.05, 3.63) is 29.8 Å². The fraction of sp³-hybridized carbons (Fsp3) is 0.333. The van der Waals surface area contributed by atoms with Crippen LogP contribution in [0, 0.1) is 6.92 Å². The second-order valence-electron chi connectivity index (χ2n) is 4.07. The number of thiocarbonyl (C=S) groups is 1. The van der Waals surface area contributed by atoms with Gasteiger partial charge < -0.3 is 15.5 Å². The molecule has 1 aliphatic heterocycles. The van der Waals surface area contributed by atoms with E-state index >= 15 is 0 Å². The molecule has 0 radical (unpaired) electrons. The van der Waals surface area contributed by atoms with E-state index in [-0.39, 0.29) is 18.3 Å². The van der Waals surface area contributed by atoms with Crippen molar-refractivity contribution in [1.82, 2.24) is 10.2 Å². The number of anilines is 1. The fourth-order valence-corrected chi connectivity index (χ4v) is 1.93. The molecule has 0 unspecified atom stereocenters. The molecule has 0 aromatic heterocycles. The minimum absolute atomic E-state index is 0. The number of hydrogen-bond donors (Lipinski definition) is 2. The van der Waals surface area contributed by atoms with Crippen molar-refractivity contribution in [1.29, 1.82) is 0 Å². The van der Waals surface area contributed by atoms with Crippen LogP contribution in [-0.4, -0.2) is 35.6 Å². The second kappa shape index (κ2) is 6.56. The summed E-state index contributed by atoms with van der Waals surface area (Å²) < 4.78 is 0. The molecule has 4 nitrogen and oxygen atoms in total. The van der Waals surface area contributed by atoms with E-state index in [4.69, 9.17) is 12.2 Å². The van der Waals surface area contributed by atoms with Crippen molar-refractivity contribution >= 4 is 41.3 Å². The third-order valence-electron chi connectivity index (χ3n) is 2.61. The number of nitrogens with one attached hydrogen (secondary N) is 2. The molecule has 1 aromatic carbocycles. The van der Waals surface area contributed by atoms with E-state index in [2.05, 4.69) is 10.6 Å². The number of halogens is 1. The number of rotatable bonds is 3. The highest BCUT2D eigenvalue weighted by Gasteiger charge is 2.18. The highest BCUT2D eigenvalue weighted by molar-refractivity contribution is 7.80. The predicted octanol–water partition coefficient (Wildman–Crippen LogP) is 1.55. The number of hydrogen-bond acceptors (Lipinski definition) is 2. The molecule has 0 aliphatic carbocycles. The molecule has 0 bridgehead atoms. The van der Waals surface area contributed by atoms with Gasteiger partial charge >= 0.3 is 0 Å². The van der Waals surface area contributed by atoms with Crippen LogP contribution in [0.15, 0.2) is 24.3 Å². The van der Waals surface area contributed by atoms with Gasteiger partial charge in [-0.2, -0.15) is 0 Å². The summed E-state index contributed by atoms with van der Waals surface area (Å²) in [5, 5.41) is 6.53. The summed E-state index contributed by atoms with van der Waals surface area (Å²) in [5.41, 5.74) is 1.99. The highest BCUT2D eigenvalue weighted by atomic mass is 35.5. The zero-order valence-corrected chi connectivity index (χ0v) is 11.7. The molecule has 98 valence electrons. The summed E-state index contributed by atoms with van der Waals surface area (Å²) in [6.45, 7) is 3.93. The molecule has 1 heterocycles. The van der Waals surface area contributed by atoms with Gasteiger partial charge in [0.05, 0.1) is 6.54 Å². The van der Waals surface area contributed by atoms with E-state index in [1.54, 1.807) is 0 Å². The molecular formula is C12H16ClN3OS. The molecule has 18 heavy (non-hydrogen) atoms. The molecule has 0 atom stereocenters. The van der Waals surface area contributed by atoms with Crippen LogP contribution in [0.25, 0.3) is 0 Å². The number of carbonyl (C=O) groups excluding carboxylic acids is 1. The normalized spacial score (nSPS) is 13.8. The summed E-state index contributed by atoms with van der Waals surface area (Å²) in [6.07, 6.45) is 0. The lowest BCUT2D eigenvalue weighted by atomic mass is 10.2. The maximum Gasteiger partial charge on any atom is 0.243 e. The van der Waals surface area contributed by atoms with Crippen LogP contribution < -0.4 is 10.6 Å². The molecule has 2 N–H and O–H groups in total. The van der Waals surface area contributed by atoms with E-state index in [9.17, 15) is 4.79 Å². The maximum atomic E-state index is 11.8. The van der Waals surface area contributed by atoms with Gasteiger partial charge in [-0.1, -0.05) is 17.7 Å². The van der Waals surface area contributed by atoms with Gasteiger partial charge in [0.15, 0.2) is 5.11 Å². The van der Waals surface area contributed by atoms with Gasteiger partial charge in [-0.3, -0.25) is 4.79 Å². The van der Waals surface area contributed by atoms with Crippen molar-refractivity contribution in [3.63, 3.8) is 0 Å². The van der Waals surface area contributed by atoms with E-state index in [1.165, 1.54) is 5.56 Å². The monoisotopic (exact) mass is 285 g/mol. The number of carbonyl (C=O) groups is 1. The Morgan fingerprint density at radius 1 is 1.44 bits per heavy atom. The smallest absolute Gasteiger partial charge is 0.243 e. The quantitative estimate of drug-likeness (QED) is 0.827. The minimum atomic E-state index is -0.0418. The summed E-state index contributed by atoms with van der Waals surface area (Å²) >= 11 is 5.08. The Balaban J connectivity index is 0.00000162. The number of amides is 1. The van der Waals surface area contributed by atoms with Crippen LogP contribution >= 0.6 is 24.6 Å². The van der Waals surface area contributed by atoms with Gasteiger partial charge in [-0.05, 0) is 31.3 Å². The molecule has 6 heteroatoms. The Kier molecular flexibility index (Phi) is 5.37. The third kappa shape index (κ3) is 3.85. The standard InChI is InChI=1S/C12H15N3OS.ClH/c1-9-2-4-10(5-3-9)14-11(16)8-15-7-6-13-12(15)17;/h2-5H,6-8H2,1H3,(H,13,17)(H,14,16);1H. The van der Waals surface area contributed by atoms with Crippen LogP contribution in [0.4, 0.5) is 5.69 Å². The largest absolute Gasteiger partial charge is 0.361 e. The molecule has 0 saturated carbocycles. The van der Waals surface area contributed by atoms with Crippen molar-refractivity contribution in [2.45, 2.75) is 6.92 Å². The van der Waals surface area contributed by atoms with Gasteiger partial charge in [-0.15, -0.1) is 12.4 Å². The molecule has 1 saturated heterocycles. The van der Waals surface area contributed by atoms with Gasteiger partial charge in [0.2, 0.25) is 5.91 Å². The molecule has 1 aromatic rings. The van der Waals surface area contributed by atoms with Crippen molar-refractivity contribution in [2.75, 3.05) is 25.0 Å².